The number of amides is 2. The Balaban J connectivity index is 2.44. The van der Waals surface area contributed by atoms with Crippen LogP contribution in [0.3, 0.4) is 0 Å². The van der Waals surface area contributed by atoms with Gasteiger partial charge in [-0.3, -0.25) is 13.9 Å². The monoisotopic (exact) mass is 459 g/mol. The van der Waals surface area contributed by atoms with Crippen molar-refractivity contribution in [3.8, 4) is 0 Å². The minimum absolute atomic E-state index is 0.208. The molecule has 2 aromatic rings. The molecule has 0 radical (unpaired) electrons. The highest BCUT2D eigenvalue weighted by molar-refractivity contribution is 7.92. The molecule has 2 amide bonds. The second-order valence-electron chi connectivity index (χ2n) is 7.94. The first-order valence-electron chi connectivity index (χ1n) is 10.7. The van der Waals surface area contributed by atoms with E-state index in [2.05, 4.69) is 5.32 Å². The lowest BCUT2D eigenvalue weighted by Crippen LogP contribution is -2.52. The normalized spacial score (nSPS) is 12.2. The molecule has 0 aromatic heterocycles. The first-order chi connectivity index (χ1) is 15.1. The summed E-state index contributed by atoms with van der Waals surface area (Å²) in [5.41, 5.74) is 3.09. The van der Waals surface area contributed by atoms with Crippen LogP contribution in [0.15, 0.2) is 48.5 Å². The lowest BCUT2D eigenvalue weighted by atomic mass is 10.1. The first kappa shape index (κ1) is 25.4. The molecule has 32 heavy (non-hydrogen) atoms. The van der Waals surface area contributed by atoms with Crippen LogP contribution >= 0.6 is 0 Å². The molecule has 0 saturated carbocycles. The van der Waals surface area contributed by atoms with Gasteiger partial charge in [-0.15, -0.1) is 0 Å². The summed E-state index contributed by atoms with van der Waals surface area (Å²) in [4.78, 5) is 27.7. The molecule has 0 saturated heterocycles. The molecule has 0 fully saturated rings. The van der Waals surface area contributed by atoms with Crippen molar-refractivity contribution in [2.24, 2.45) is 0 Å². The second kappa shape index (κ2) is 11.1. The van der Waals surface area contributed by atoms with Crippen LogP contribution in [0.25, 0.3) is 0 Å². The smallest absolute Gasteiger partial charge is 0.244 e. The van der Waals surface area contributed by atoms with Crippen LogP contribution in [0.2, 0.25) is 0 Å². The van der Waals surface area contributed by atoms with E-state index in [4.69, 9.17) is 0 Å². The molecule has 0 aliphatic carbocycles. The third-order valence-electron chi connectivity index (χ3n) is 5.11. The third-order valence-corrected chi connectivity index (χ3v) is 6.25. The van der Waals surface area contributed by atoms with Gasteiger partial charge in [-0.25, -0.2) is 8.42 Å². The Morgan fingerprint density at radius 1 is 1.00 bits per heavy atom. The zero-order valence-corrected chi connectivity index (χ0v) is 20.3. The minimum Gasteiger partial charge on any atom is -0.355 e. The van der Waals surface area contributed by atoms with Crippen molar-refractivity contribution < 1.29 is 18.0 Å². The molecule has 0 aliphatic rings. The van der Waals surface area contributed by atoms with Crippen LogP contribution in [-0.2, 0) is 26.2 Å². The van der Waals surface area contributed by atoms with Gasteiger partial charge in [0, 0.05) is 13.1 Å². The van der Waals surface area contributed by atoms with Gasteiger partial charge in [-0.05, 0) is 56.0 Å². The predicted octanol–water partition coefficient (Wildman–Crippen LogP) is 3.01. The number of sulfonamides is 1. The maximum absolute atomic E-state index is 13.5. The van der Waals surface area contributed by atoms with E-state index >= 15 is 0 Å². The Bertz CT molecular complexity index is 1020. The van der Waals surface area contributed by atoms with Gasteiger partial charge in [0.05, 0.1) is 11.9 Å². The Labute approximate surface area is 191 Å². The van der Waals surface area contributed by atoms with Gasteiger partial charge >= 0.3 is 0 Å². The van der Waals surface area contributed by atoms with Gasteiger partial charge in [0.25, 0.3) is 0 Å². The van der Waals surface area contributed by atoms with Gasteiger partial charge in [0.15, 0.2) is 0 Å². The van der Waals surface area contributed by atoms with Gasteiger partial charge < -0.3 is 10.2 Å². The number of aryl methyl sites for hydroxylation is 2. The molecule has 1 atom stereocenters. The van der Waals surface area contributed by atoms with Gasteiger partial charge in [-0.2, -0.15) is 0 Å². The van der Waals surface area contributed by atoms with Crippen molar-refractivity contribution in [2.45, 2.75) is 46.7 Å². The Morgan fingerprint density at radius 2 is 1.59 bits per heavy atom. The fourth-order valence-electron chi connectivity index (χ4n) is 3.70. The van der Waals surface area contributed by atoms with Crippen LogP contribution in [0.1, 0.15) is 37.0 Å². The Kier molecular flexibility index (Phi) is 8.83. The van der Waals surface area contributed by atoms with Crippen LogP contribution in [0.4, 0.5) is 5.69 Å². The van der Waals surface area contributed by atoms with Crippen LogP contribution in [0, 0.1) is 13.8 Å². The number of nitrogens with one attached hydrogen (secondary N) is 1. The van der Waals surface area contributed by atoms with Crippen LogP contribution in [0.5, 0.6) is 0 Å². The summed E-state index contributed by atoms with van der Waals surface area (Å²) >= 11 is 0. The third kappa shape index (κ3) is 6.82. The maximum Gasteiger partial charge on any atom is 0.244 e. The Morgan fingerprint density at radius 3 is 2.09 bits per heavy atom. The molecule has 0 spiro atoms. The van der Waals surface area contributed by atoms with E-state index in [1.807, 2.05) is 64.1 Å². The van der Waals surface area contributed by atoms with Crippen molar-refractivity contribution in [1.82, 2.24) is 10.2 Å². The largest absolute Gasteiger partial charge is 0.355 e. The number of nitrogens with zero attached hydrogens (tertiary/aromatic N) is 2. The number of carbonyl (C=O) groups excluding carboxylic acids is 2. The molecule has 7 nitrogen and oxygen atoms in total. The molecule has 0 bridgehead atoms. The summed E-state index contributed by atoms with van der Waals surface area (Å²) in [6, 6.07) is 14.1. The number of likely N-dealkylation sites (N-methyl/N-ethyl adjacent to an activating group) is 1. The van der Waals surface area contributed by atoms with E-state index in [1.165, 1.54) is 4.90 Å². The van der Waals surface area contributed by atoms with Crippen molar-refractivity contribution in [3.05, 3.63) is 65.2 Å². The number of hydrogen-bond donors (Lipinski definition) is 1. The highest BCUT2D eigenvalue weighted by Crippen LogP contribution is 2.22. The van der Waals surface area contributed by atoms with Crippen molar-refractivity contribution in [2.75, 3.05) is 23.7 Å². The standard InChI is InChI=1S/C24H33N3O4S/c1-6-22(24(29)25-7-2)26(16-20-11-9-8-10-12-20)23(28)17-27(32(5,30)31)21-14-18(3)13-19(4)15-21/h8-15,22H,6-7,16-17H2,1-5H3,(H,25,29)/t22-/m1/s1. The number of anilines is 1. The molecular weight excluding hydrogens is 426 g/mol. The lowest BCUT2D eigenvalue weighted by Gasteiger charge is -2.33. The SMILES string of the molecule is CCNC(=O)[C@@H](CC)N(Cc1ccccc1)C(=O)CN(c1cc(C)cc(C)c1)S(C)(=O)=O. The molecule has 2 rings (SSSR count). The highest BCUT2D eigenvalue weighted by Gasteiger charge is 2.31. The summed E-state index contributed by atoms with van der Waals surface area (Å²) in [7, 11) is -3.73. The average Bonchev–Trinajstić information content (AvgIpc) is 2.71. The van der Waals surface area contributed by atoms with Gasteiger partial charge in [0.2, 0.25) is 21.8 Å². The molecule has 0 unspecified atom stereocenters. The van der Waals surface area contributed by atoms with Gasteiger partial charge in [0.1, 0.15) is 12.6 Å². The fraction of sp³-hybridized carbons (Fsp3) is 0.417. The van der Waals surface area contributed by atoms with E-state index in [-0.39, 0.29) is 19.0 Å². The molecular formula is C24H33N3O4S. The van der Waals surface area contributed by atoms with E-state index in [0.29, 0.717) is 18.7 Å². The first-order valence-corrected chi connectivity index (χ1v) is 12.6. The maximum atomic E-state index is 13.5. The average molecular weight is 460 g/mol. The minimum atomic E-state index is -3.73. The molecule has 2 aromatic carbocycles. The molecule has 0 aliphatic heterocycles. The van der Waals surface area contributed by atoms with Crippen molar-refractivity contribution in [3.63, 3.8) is 0 Å². The molecule has 0 heterocycles. The molecule has 1 N–H and O–H groups in total. The topological polar surface area (TPSA) is 86.8 Å². The fourth-order valence-corrected chi connectivity index (χ4v) is 4.53. The molecule has 174 valence electrons. The van der Waals surface area contributed by atoms with Crippen LogP contribution in [-0.4, -0.2) is 50.5 Å². The van der Waals surface area contributed by atoms with Gasteiger partial charge in [-0.1, -0.05) is 43.3 Å². The summed E-state index contributed by atoms with van der Waals surface area (Å²) < 4.78 is 26.4. The zero-order valence-electron chi connectivity index (χ0n) is 19.5. The zero-order chi connectivity index (χ0) is 23.9. The number of benzene rings is 2. The van der Waals surface area contributed by atoms with E-state index in [9.17, 15) is 18.0 Å². The van der Waals surface area contributed by atoms with E-state index in [1.54, 1.807) is 12.1 Å². The summed E-state index contributed by atoms with van der Waals surface area (Å²) in [6.45, 7) is 7.68. The number of hydrogen-bond acceptors (Lipinski definition) is 4. The van der Waals surface area contributed by atoms with Crippen molar-refractivity contribution in [1.29, 1.82) is 0 Å². The van der Waals surface area contributed by atoms with Crippen molar-refractivity contribution >= 4 is 27.5 Å². The number of carbonyl (C=O) groups is 2. The highest BCUT2D eigenvalue weighted by atomic mass is 32.2. The van der Waals surface area contributed by atoms with Crippen LogP contribution < -0.4 is 9.62 Å². The number of rotatable bonds is 10. The lowest BCUT2D eigenvalue weighted by molar-refractivity contribution is -0.140. The molecule has 8 heteroatoms. The predicted molar refractivity (Wildman–Crippen MR) is 128 cm³/mol. The Hall–Kier alpha value is -2.87. The van der Waals surface area contributed by atoms with E-state index in [0.717, 1.165) is 27.3 Å². The quantitative estimate of drug-likeness (QED) is 0.592. The summed E-state index contributed by atoms with van der Waals surface area (Å²) in [5.74, 6) is -0.687. The second-order valence-corrected chi connectivity index (χ2v) is 9.85. The summed E-state index contributed by atoms with van der Waals surface area (Å²) in [5, 5.41) is 2.78. The summed E-state index contributed by atoms with van der Waals surface area (Å²) in [6.07, 6.45) is 1.49. The van der Waals surface area contributed by atoms with E-state index < -0.39 is 22.0 Å².